The van der Waals surface area contributed by atoms with E-state index in [1.807, 2.05) is 36.7 Å². The normalized spacial score (nSPS) is 16.2. The van der Waals surface area contributed by atoms with Crippen molar-refractivity contribution >= 4 is 35.9 Å². The van der Waals surface area contributed by atoms with E-state index in [2.05, 4.69) is 28.8 Å². The fourth-order valence-corrected chi connectivity index (χ4v) is 3.05. The molecule has 0 radical (unpaired) electrons. The monoisotopic (exact) mass is 307 g/mol. The average Bonchev–Trinajstić information content (AvgIpc) is 2.92. The highest BCUT2D eigenvalue weighted by molar-refractivity contribution is 6.76. The first-order valence-electron chi connectivity index (χ1n) is 9.12. The van der Waals surface area contributed by atoms with Crippen molar-refractivity contribution in [3.63, 3.8) is 0 Å². The number of rotatable bonds is 1. The molecule has 0 atom stereocenters. The molecule has 0 unspecified atom stereocenters. The number of aryl methyl sites for hydroxylation is 3. The molecule has 1 aliphatic rings. The number of hydrogen-bond donors (Lipinski definition) is 0. The fraction of sp³-hybridized carbons (Fsp3) is 0.222. The van der Waals surface area contributed by atoms with Crippen molar-refractivity contribution in [3.05, 3.63) is 52.4 Å². The van der Waals surface area contributed by atoms with Crippen molar-refractivity contribution in [2.24, 2.45) is 7.05 Å². The van der Waals surface area contributed by atoms with Crippen LogP contribution in [0, 0.1) is 13.8 Å². The molecule has 0 spiro atoms. The first-order valence-corrected chi connectivity index (χ1v) is 7.62. The van der Waals surface area contributed by atoms with Gasteiger partial charge in [0.2, 0.25) is 5.71 Å². The Morgan fingerprint density at radius 2 is 2.26 bits per heavy atom. The van der Waals surface area contributed by atoms with Crippen molar-refractivity contribution in [3.8, 4) is 0 Å². The van der Waals surface area contributed by atoms with Crippen molar-refractivity contribution < 1.29 is 13.1 Å². The van der Waals surface area contributed by atoms with Crippen LogP contribution in [0.5, 0.6) is 0 Å². The lowest BCUT2D eigenvalue weighted by Gasteiger charge is -2.19. The Kier molecular flexibility index (Phi) is 2.39. The fourth-order valence-electron chi connectivity index (χ4n) is 3.05. The minimum atomic E-state index is -2.12. The van der Waals surface area contributed by atoms with E-state index in [0.717, 1.165) is 27.4 Å². The number of hydrogen-bond acceptors (Lipinski definition) is 3. The van der Waals surface area contributed by atoms with Gasteiger partial charge < -0.3 is 4.42 Å². The van der Waals surface area contributed by atoms with Crippen LogP contribution in [0.15, 0.2) is 35.0 Å². The summed E-state index contributed by atoms with van der Waals surface area (Å²) in [6, 6.07) is 5.81. The van der Waals surface area contributed by atoms with Crippen LogP contribution in [0.2, 0.25) is 6.82 Å². The molecule has 3 aromatic heterocycles. The van der Waals surface area contributed by atoms with Crippen LogP contribution >= 0.6 is 0 Å². The third-order valence-electron chi connectivity index (χ3n) is 4.35. The number of fused-ring (bicyclic) bond motifs is 3. The molecule has 0 N–H and O–H groups in total. The Bertz CT molecular complexity index is 1140. The standard InChI is InChI=1S/C18H19BN3O/c1-12-8-17(21(4)10-13(12)2)22-11-15-14-6-5-7-20-18(14)23-16(15)9-19(22)3/h5-11H,1-4H3/q+1/i2D3. The Balaban J connectivity index is 1.90. The van der Waals surface area contributed by atoms with E-state index in [9.17, 15) is 0 Å². The second-order valence-corrected chi connectivity index (χ2v) is 6.02. The zero-order valence-corrected chi connectivity index (χ0v) is 13.4. The van der Waals surface area contributed by atoms with E-state index in [1.165, 1.54) is 0 Å². The molecular formula is C18H19BN3O+. The van der Waals surface area contributed by atoms with Crippen molar-refractivity contribution in [2.75, 3.05) is 4.81 Å². The summed E-state index contributed by atoms with van der Waals surface area (Å²) >= 11 is 0. The van der Waals surface area contributed by atoms with Crippen LogP contribution in [-0.2, 0) is 7.05 Å². The summed E-state index contributed by atoms with van der Waals surface area (Å²) in [5, 5.41) is 1.96. The second-order valence-electron chi connectivity index (χ2n) is 6.02. The van der Waals surface area contributed by atoms with Crippen LogP contribution in [0.25, 0.3) is 23.3 Å². The number of nitrogens with zero attached hydrogens (tertiary/aromatic N) is 3. The van der Waals surface area contributed by atoms with Crippen molar-refractivity contribution in [1.82, 2.24) is 4.98 Å². The summed E-state index contributed by atoms with van der Waals surface area (Å²) in [5.41, 5.74) is 2.57. The molecule has 114 valence electrons. The molecule has 3 aromatic rings. The lowest BCUT2D eigenvalue weighted by molar-refractivity contribution is -0.658. The van der Waals surface area contributed by atoms with E-state index in [0.29, 0.717) is 11.3 Å². The van der Waals surface area contributed by atoms with Gasteiger partial charge in [-0.15, -0.1) is 0 Å². The van der Waals surface area contributed by atoms with Gasteiger partial charge in [0.05, 0.1) is 30.0 Å². The first kappa shape index (κ1) is 11.1. The van der Waals surface area contributed by atoms with Crippen LogP contribution in [0.3, 0.4) is 0 Å². The molecular weight excluding hydrogens is 285 g/mol. The van der Waals surface area contributed by atoms with Gasteiger partial charge in [-0.1, -0.05) is 0 Å². The summed E-state index contributed by atoms with van der Waals surface area (Å²) in [5.74, 6) is 2.98. The molecule has 0 bridgehead atoms. The topological polar surface area (TPSA) is 33.2 Å². The van der Waals surface area contributed by atoms with Gasteiger partial charge in [0.1, 0.15) is 5.42 Å². The van der Waals surface area contributed by atoms with Crippen LogP contribution in [0.1, 0.15) is 15.2 Å². The maximum atomic E-state index is 7.70. The van der Waals surface area contributed by atoms with Crippen LogP contribution in [0.4, 0.5) is 5.82 Å². The Hall–Kier alpha value is -2.56. The van der Waals surface area contributed by atoms with Gasteiger partial charge in [-0.05, 0) is 49.8 Å². The SMILES string of the molecule is [2H]C([2H])([2H])c1c[n+](C)c(N2C=c3c(oc4ncccc34)=CB2C)cc1C. The molecule has 4 heterocycles. The minimum Gasteiger partial charge on any atom is -0.439 e. The third-order valence-corrected chi connectivity index (χ3v) is 4.35. The van der Waals surface area contributed by atoms with Crippen LogP contribution < -0.4 is 20.0 Å². The van der Waals surface area contributed by atoms with E-state index in [1.54, 1.807) is 12.4 Å². The molecule has 0 saturated heterocycles. The number of pyridine rings is 2. The van der Waals surface area contributed by atoms with Gasteiger partial charge in [0.25, 0.3) is 5.82 Å². The van der Waals surface area contributed by atoms with E-state index in [-0.39, 0.29) is 6.85 Å². The molecule has 23 heavy (non-hydrogen) atoms. The maximum absolute atomic E-state index is 7.70. The van der Waals surface area contributed by atoms with Gasteiger partial charge in [0, 0.05) is 16.4 Å². The summed E-state index contributed by atoms with van der Waals surface area (Å²) in [6.07, 6.45) is 5.47. The molecule has 5 heteroatoms. The molecule has 0 amide bonds. The highest BCUT2D eigenvalue weighted by Gasteiger charge is 2.29. The molecule has 4 nitrogen and oxygen atoms in total. The number of anilines is 1. The lowest BCUT2D eigenvalue weighted by atomic mass is 9.62. The summed E-state index contributed by atoms with van der Waals surface area (Å²) in [6.45, 7) is 1.86. The number of aromatic nitrogens is 2. The highest BCUT2D eigenvalue weighted by atomic mass is 16.3. The van der Waals surface area contributed by atoms with Gasteiger partial charge in [0.15, 0.2) is 0 Å². The summed E-state index contributed by atoms with van der Waals surface area (Å²) < 4.78 is 30.8. The van der Waals surface area contributed by atoms with Crippen LogP contribution in [-0.4, -0.2) is 11.8 Å². The van der Waals surface area contributed by atoms with E-state index < -0.39 is 6.85 Å². The highest BCUT2D eigenvalue weighted by Crippen LogP contribution is 2.17. The second kappa shape index (κ2) is 4.98. The molecule has 0 aromatic carbocycles. The van der Waals surface area contributed by atoms with Gasteiger partial charge >= 0.3 is 6.85 Å². The molecule has 1 aliphatic heterocycles. The Morgan fingerprint density at radius 3 is 3.09 bits per heavy atom. The molecule has 0 saturated carbocycles. The van der Waals surface area contributed by atoms with Crippen molar-refractivity contribution in [2.45, 2.75) is 20.6 Å². The minimum absolute atomic E-state index is 0.0623. The van der Waals surface area contributed by atoms with E-state index in [4.69, 9.17) is 8.53 Å². The largest absolute Gasteiger partial charge is 0.439 e. The smallest absolute Gasteiger partial charge is 0.405 e. The Labute approximate surface area is 139 Å². The maximum Gasteiger partial charge on any atom is 0.405 e. The van der Waals surface area contributed by atoms with Gasteiger partial charge in [-0.25, -0.2) is 9.55 Å². The number of furan rings is 1. The molecule has 0 aliphatic carbocycles. The van der Waals surface area contributed by atoms with Gasteiger partial charge in [-0.2, -0.15) is 0 Å². The summed E-state index contributed by atoms with van der Waals surface area (Å²) in [7, 11) is 1.87. The zero-order valence-electron chi connectivity index (χ0n) is 16.4. The predicted octanol–water partition coefficient (Wildman–Crippen LogP) is 1.47. The summed E-state index contributed by atoms with van der Waals surface area (Å²) in [4.78, 5) is 6.41. The molecule has 4 rings (SSSR count). The van der Waals surface area contributed by atoms with Gasteiger partial charge in [-0.3, -0.25) is 4.81 Å². The van der Waals surface area contributed by atoms with Crippen molar-refractivity contribution in [1.29, 1.82) is 0 Å². The quantitative estimate of drug-likeness (QED) is 0.504. The van der Waals surface area contributed by atoms with E-state index >= 15 is 0 Å². The predicted molar refractivity (Wildman–Crippen MR) is 93.4 cm³/mol. The molecule has 0 fully saturated rings. The third kappa shape index (κ3) is 2.15. The lowest BCUT2D eigenvalue weighted by Crippen LogP contribution is -2.47. The first-order chi connectivity index (χ1) is 12.3. The Morgan fingerprint density at radius 1 is 1.39 bits per heavy atom. The average molecular weight is 307 g/mol. The zero-order chi connectivity index (χ0) is 18.6.